The highest BCUT2D eigenvalue weighted by atomic mass is 32.2. The Morgan fingerprint density at radius 3 is 2.59 bits per heavy atom. The molecular weight excluding hydrogens is 243 g/mol. The Bertz CT molecular complexity index is 488. The van der Waals surface area contributed by atoms with Crippen molar-refractivity contribution in [2.24, 2.45) is 0 Å². The molecule has 0 aliphatic rings. The quantitative estimate of drug-likeness (QED) is 0.865. The SMILES string of the molecule is CCN(C)S(=O)(=O)c1ccc(F)c(CNC)c1. The number of hydrogen-bond acceptors (Lipinski definition) is 3. The summed E-state index contributed by atoms with van der Waals surface area (Å²) < 4.78 is 38.6. The van der Waals surface area contributed by atoms with Gasteiger partial charge in [0.05, 0.1) is 4.90 Å². The maximum Gasteiger partial charge on any atom is 0.242 e. The zero-order chi connectivity index (χ0) is 13.1. The van der Waals surface area contributed by atoms with Gasteiger partial charge < -0.3 is 5.32 Å². The van der Waals surface area contributed by atoms with Crippen molar-refractivity contribution in [3.8, 4) is 0 Å². The molecule has 1 aromatic carbocycles. The molecule has 0 bridgehead atoms. The van der Waals surface area contributed by atoms with Crippen molar-refractivity contribution in [1.29, 1.82) is 0 Å². The van der Waals surface area contributed by atoms with Crippen LogP contribution in [0.2, 0.25) is 0 Å². The molecule has 0 aliphatic carbocycles. The van der Waals surface area contributed by atoms with Gasteiger partial charge in [-0.05, 0) is 25.2 Å². The standard InChI is InChI=1S/C11H17FN2O2S/c1-4-14(3)17(15,16)10-5-6-11(12)9(7-10)8-13-2/h5-7,13H,4,8H2,1-3H3. The van der Waals surface area contributed by atoms with E-state index in [9.17, 15) is 12.8 Å². The first kappa shape index (κ1) is 14.1. The molecule has 1 N–H and O–H groups in total. The van der Waals surface area contributed by atoms with E-state index in [0.29, 0.717) is 18.7 Å². The van der Waals surface area contributed by atoms with E-state index in [1.807, 2.05) is 0 Å². The summed E-state index contributed by atoms with van der Waals surface area (Å²) >= 11 is 0. The molecule has 6 heteroatoms. The molecule has 0 aromatic heterocycles. The molecule has 1 rings (SSSR count). The maximum absolute atomic E-state index is 13.4. The summed E-state index contributed by atoms with van der Waals surface area (Å²) in [5.74, 6) is -0.405. The molecule has 0 spiro atoms. The van der Waals surface area contributed by atoms with Crippen LogP contribution in [0, 0.1) is 5.82 Å². The molecule has 4 nitrogen and oxygen atoms in total. The summed E-state index contributed by atoms with van der Waals surface area (Å²) in [5, 5.41) is 2.80. The first-order chi connectivity index (χ1) is 7.93. The fourth-order valence-corrected chi connectivity index (χ4v) is 2.62. The smallest absolute Gasteiger partial charge is 0.242 e. The van der Waals surface area contributed by atoms with Gasteiger partial charge >= 0.3 is 0 Å². The molecular formula is C11H17FN2O2S. The van der Waals surface area contributed by atoms with E-state index in [1.165, 1.54) is 29.6 Å². The van der Waals surface area contributed by atoms with Gasteiger partial charge in [0.25, 0.3) is 0 Å². The highest BCUT2D eigenvalue weighted by molar-refractivity contribution is 7.89. The minimum Gasteiger partial charge on any atom is -0.316 e. The topological polar surface area (TPSA) is 49.4 Å². The number of benzene rings is 1. The van der Waals surface area contributed by atoms with Crippen LogP contribution in [0.4, 0.5) is 4.39 Å². The van der Waals surface area contributed by atoms with Crippen molar-refractivity contribution < 1.29 is 12.8 Å². The molecule has 0 unspecified atom stereocenters. The fourth-order valence-electron chi connectivity index (χ4n) is 1.39. The Balaban J connectivity index is 3.20. The Hall–Kier alpha value is -0.980. The van der Waals surface area contributed by atoms with Gasteiger partial charge in [0.15, 0.2) is 0 Å². The lowest BCUT2D eigenvalue weighted by Gasteiger charge is -2.15. The highest BCUT2D eigenvalue weighted by Crippen LogP contribution is 2.18. The van der Waals surface area contributed by atoms with E-state index in [1.54, 1.807) is 14.0 Å². The van der Waals surface area contributed by atoms with Crippen LogP contribution in [0.1, 0.15) is 12.5 Å². The van der Waals surface area contributed by atoms with Gasteiger partial charge in [0.2, 0.25) is 10.0 Å². The largest absolute Gasteiger partial charge is 0.316 e. The van der Waals surface area contributed by atoms with Crippen molar-refractivity contribution in [3.63, 3.8) is 0 Å². The predicted molar refractivity (Wildman–Crippen MR) is 64.7 cm³/mol. The molecule has 0 saturated carbocycles. The van der Waals surface area contributed by atoms with Crippen LogP contribution in [0.15, 0.2) is 23.1 Å². The second-order valence-corrected chi connectivity index (χ2v) is 5.75. The molecule has 17 heavy (non-hydrogen) atoms. The number of halogens is 1. The molecule has 0 aliphatic heterocycles. The molecule has 96 valence electrons. The maximum atomic E-state index is 13.4. The lowest BCUT2D eigenvalue weighted by Crippen LogP contribution is -2.26. The van der Waals surface area contributed by atoms with Gasteiger partial charge in [-0.2, -0.15) is 0 Å². The predicted octanol–water partition coefficient (Wildman–Crippen LogP) is 1.19. The van der Waals surface area contributed by atoms with E-state index in [0.717, 1.165) is 0 Å². The normalized spacial score (nSPS) is 12.1. The van der Waals surface area contributed by atoms with E-state index >= 15 is 0 Å². The monoisotopic (exact) mass is 260 g/mol. The summed E-state index contributed by atoms with van der Waals surface area (Å²) in [7, 11) is -0.332. The van der Waals surface area contributed by atoms with Crippen molar-refractivity contribution in [3.05, 3.63) is 29.6 Å². The van der Waals surface area contributed by atoms with Crippen LogP contribution >= 0.6 is 0 Å². The average Bonchev–Trinajstić information content (AvgIpc) is 2.30. The molecule has 0 fully saturated rings. The third kappa shape index (κ3) is 3.02. The summed E-state index contributed by atoms with van der Waals surface area (Å²) in [4.78, 5) is 0.119. The van der Waals surface area contributed by atoms with E-state index in [4.69, 9.17) is 0 Å². The van der Waals surface area contributed by atoms with Crippen LogP contribution in [0.3, 0.4) is 0 Å². The lowest BCUT2D eigenvalue weighted by atomic mass is 10.2. The molecule has 0 saturated heterocycles. The van der Waals surface area contributed by atoms with Gasteiger partial charge in [0, 0.05) is 25.7 Å². The molecule has 0 radical (unpaired) electrons. The number of nitrogens with one attached hydrogen (secondary N) is 1. The van der Waals surface area contributed by atoms with Crippen molar-refractivity contribution in [2.75, 3.05) is 20.6 Å². The Kier molecular flexibility index (Phi) is 4.62. The second kappa shape index (κ2) is 5.57. The van der Waals surface area contributed by atoms with Gasteiger partial charge in [0.1, 0.15) is 5.82 Å². The van der Waals surface area contributed by atoms with Crippen molar-refractivity contribution >= 4 is 10.0 Å². The van der Waals surface area contributed by atoms with E-state index < -0.39 is 15.8 Å². The summed E-state index contributed by atoms with van der Waals surface area (Å²) in [6.07, 6.45) is 0. The fraction of sp³-hybridized carbons (Fsp3) is 0.455. The minimum absolute atomic E-state index is 0.119. The van der Waals surface area contributed by atoms with E-state index in [-0.39, 0.29) is 4.90 Å². The number of sulfonamides is 1. The Labute approximate surface area is 101 Å². The average molecular weight is 260 g/mol. The first-order valence-electron chi connectivity index (χ1n) is 5.32. The van der Waals surface area contributed by atoms with Gasteiger partial charge in [-0.1, -0.05) is 6.92 Å². The molecule has 0 heterocycles. The Morgan fingerprint density at radius 1 is 1.41 bits per heavy atom. The van der Waals surface area contributed by atoms with Gasteiger partial charge in [-0.15, -0.1) is 0 Å². The third-order valence-corrected chi connectivity index (χ3v) is 4.47. The van der Waals surface area contributed by atoms with Crippen LogP contribution in [0.5, 0.6) is 0 Å². The van der Waals surface area contributed by atoms with E-state index in [2.05, 4.69) is 5.32 Å². The molecule has 1 aromatic rings. The Morgan fingerprint density at radius 2 is 2.06 bits per heavy atom. The zero-order valence-corrected chi connectivity index (χ0v) is 11.0. The third-order valence-electron chi connectivity index (χ3n) is 2.54. The lowest BCUT2D eigenvalue weighted by molar-refractivity contribution is 0.486. The van der Waals surface area contributed by atoms with Gasteiger partial charge in [-0.3, -0.25) is 0 Å². The molecule has 0 amide bonds. The number of hydrogen-bond donors (Lipinski definition) is 1. The zero-order valence-electron chi connectivity index (χ0n) is 10.2. The summed E-state index contributed by atoms with van der Waals surface area (Å²) in [6, 6.07) is 3.84. The van der Waals surface area contributed by atoms with Crippen molar-refractivity contribution in [1.82, 2.24) is 9.62 Å². The second-order valence-electron chi connectivity index (χ2n) is 3.70. The first-order valence-corrected chi connectivity index (χ1v) is 6.76. The van der Waals surface area contributed by atoms with Crippen LogP contribution in [0.25, 0.3) is 0 Å². The highest BCUT2D eigenvalue weighted by Gasteiger charge is 2.20. The number of nitrogens with zero attached hydrogens (tertiary/aromatic N) is 1. The number of rotatable bonds is 5. The van der Waals surface area contributed by atoms with Gasteiger partial charge in [-0.25, -0.2) is 17.1 Å². The van der Waals surface area contributed by atoms with Crippen LogP contribution in [-0.4, -0.2) is 33.4 Å². The minimum atomic E-state index is -3.51. The van der Waals surface area contributed by atoms with Crippen LogP contribution < -0.4 is 5.32 Å². The molecule has 0 atom stereocenters. The van der Waals surface area contributed by atoms with Crippen molar-refractivity contribution in [2.45, 2.75) is 18.4 Å². The van der Waals surface area contributed by atoms with Crippen LogP contribution in [-0.2, 0) is 16.6 Å². The summed E-state index contributed by atoms with van der Waals surface area (Å²) in [5.41, 5.74) is 0.345. The summed E-state index contributed by atoms with van der Waals surface area (Å²) in [6.45, 7) is 2.42.